The molecule has 0 saturated carbocycles. The summed E-state index contributed by atoms with van der Waals surface area (Å²) in [5.41, 5.74) is 4.48. The summed E-state index contributed by atoms with van der Waals surface area (Å²) in [6, 6.07) is 11.3. The Morgan fingerprint density at radius 2 is 2.05 bits per heavy atom. The van der Waals surface area contributed by atoms with Gasteiger partial charge in [-0.1, -0.05) is 25.1 Å². The van der Waals surface area contributed by atoms with Crippen LogP contribution in [0, 0.1) is 0 Å². The molecule has 1 aliphatic carbocycles. The van der Waals surface area contributed by atoms with Crippen LogP contribution in [0.4, 0.5) is 0 Å². The van der Waals surface area contributed by atoms with Crippen molar-refractivity contribution in [1.29, 1.82) is 0 Å². The van der Waals surface area contributed by atoms with Crippen molar-refractivity contribution in [1.82, 2.24) is 5.32 Å². The number of halogens is 1. The highest BCUT2D eigenvalue weighted by Gasteiger charge is 2.17. The van der Waals surface area contributed by atoms with E-state index < -0.39 is 0 Å². The molecule has 2 nitrogen and oxygen atoms in total. The number of furan rings is 1. The molecule has 0 amide bonds. The van der Waals surface area contributed by atoms with Crippen molar-refractivity contribution >= 4 is 15.9 Å². The first-order chi connectivity index (χ1) is 10.3. The largest absolute Gasteiger partial charge is 0.453 e. The fourth-order valence-electron chi connectivity index (χ4n) is 3.10. The van der Waals surface area contributed by atoms with E-state index in [0.29, 0.717) is 0 Å². The Kier molecular flexibility index (Phi) is 4.81. The second-order valence-electron chi connectivity index (χ2n) is 5.81. The van der Waals surface area contributed by atoms with Gasteiger partial charge >= 0.3 is 0 Å². The molecule has 0 fully saturated rings. The summed E-state index contributed by atoms with van der Waals surface area (Å²) in [6.07, 6.45) is 5.90. The van der Waals surface area contributed by atoms with Crippen LogP contribution < -0.4 is 5.32 Å². The fourth-order valence-corrected chi connectivity index (χ4v) is 3.41. The van der Waals surface area contributed by atoms with Crippen molar-refractivity contribution in [2.24, 2.45) is 0 Å². The first-order valence-corrected chi connectivity index (χ1v) is 8.65. The van der Waals surface area contributed by atoms with Crippen molar-refractivity contribution in [3.8, 4) is 0 Å². The van der Waals surface area contributed by atoms with Gasteiger partial charge in [0, 0.05) is 0 Å². The summed E-state index contributed by atoms with van der Waals surface area (Å²) in [5, 5.41) is 3.60. The number of aryl methyl sites for hydroxylation is 2. The molecule has 1 heterocycles. The predicted molar refractivity (Wildman–Crippen MR) is 89.6 cm³/mol. The SMILES string of the molecule is CCCNC(Cc1ccc2c(c1)CCC2)c1ccc(Br)o1. The van der Waals surface area contributed by atoms with Crippen LogP contribution in [0.3, 0.4) is 0 Å². The van der Waals surface area contributed by atoms with Gasteiger partial charge in [0.15, 0.2) is 4.67 Å². The van der Waals surface area contributed by atoms with Gasteiger partial charge in [-0.3, -0.25) is 0 Å². The number of fused-ring (bicyclic) bond motifs is 1. The number of benzene rings is 1. The van der Waals surface area contributed by atoms with E-state index in [4.69, 9.17) is 4.42 Å². The zero-order valence-electron chi connectivity index (χ0n) is 12.5. The van der Waals surface area contributed by atoms with Crippen LogP contribution in [0.15, 0.2) is 39.4 Å². The van der Waals surface area contributed by atoms with Crippen LogP contribution in [-0.4, -0.2) is 6.54 Å². The van der Waals surface area contributed by atoms with Crippen molar-refractivity contribution < 1.29 is 4.42 Å². The molecule has 1 unspecified atom stereocenters. The van der Waals surface area contributed by atoms with Crippen LogP contribution in [0.25, 0.3) is 0 Å². The van der Waals surface area contributed by atoms with Crippen molar-refractivity contribution in [2.45, 2.75) is 45.1 Å². The summed E-state index contributed by atoms with van der Waals surface area (Å²) in [7, 11) is 0. The predicted octanol–water partition coefficient (Wildman–Crippen LogP) is 4.81. The van der Waals surface area contributed by atoms with Gasteiger partial charge in [-0.15, -0.1) is 0 Å². The summed E-state index contributed by atoms with van der Waals surface area (Å²) in [5.74, 6) is 1.01. The second-order valence-corrected chi connectivity index (χ2v) is 6.59. The zero-order valence-corrected chi connectivity index (χ0v) is 14.1. The molecule has 0 bridgehead atoms. The van der Waals surface area contributed by atoms with E-state index in [1.165, 1.54) is 30.4 Å². The molecule has 21 heavy (non-hydrogen) atoms. The number of nitrogens with one attached hydrogen (secondary N) is 1. The molecule has 0 spiro atoms. The van der Waals surface area contributed by atoms with Gasteiger partial charge < -0.3 is 9.73 Å². The van der Waals surface area contributed by atoms with Crippen molar-refractivity contribution in [3.63, 3.8) is 0 Å². The minimum absolute atomic E-state index is 0.246. The highest BCUT2D eigenvalue weighted by Crippen LogP contribution is 2.27. The quantitative estimate of drug-likeness (QED) is 0.810. The van der Waals surface area contributed by atoms with E-state index in [2.05, 4.69) is 52.4 Å². The normalized spacial score (nSPS) is 15.1. The van der Waals surface area contributed by atoms with Gasteiger partial charge in [-0.25, -0.2) is 0 Å². The molecule has 0 aliphatic heterocycles. The van der Waals surface area contributed by atoms with Gasteiger partial charge in [0.2, 0.25) is 0 Å². The number of hydrogen-bond acceptors (Lipinski definition) is 2. The van der Waals surface area contributed by atoms with E-state index in [1.807, 2.05) is 6.07 Å². The lowest BCUT2D eigenvalue weighted by atomic mass is 9.99. The third kappa shape index (κ3) is 3.58. The average molecular weight is 348 g/mol. The number of hydrogen-bond donors (Lipinski definition) is 1. The van der Waals surface area contributed by atoms with Gasteiger partial charge in [0.05, 0.1) is 6.04 Å². The van der Waals surface area contributed by atoms with Gasteiger partial charge in [-0.05, 0) is 83.4 Å². The molecule has 0 radical (unpaired) electrons. The topological polar surface area (TPSA) is 25.2 Å². The van der Waals surface area contributed by atoms with E-state index in [1.54, 1.807) is 5.56 Å². The molecule has 112 valence electrons. The van der Waals surface area contributed by atoms with Crippen LogP contribution >= 0.6 is 15.9 Å². The van der Waals surface area contributed by atoms with Crippen molar-refractivity contribution in [2.75, 3.05) is 6.54 Å². The molecule has 1 aromatic heterocycles. The van der Waals surface area contributed by atoms with Gasteiger partial charge in [0.1, 0.15) is 5.76 Å². The van der Waals surface area contributed by atoms with E-state index in [-0.39, 0.29) is 6.04 Å². The van der Waals surface area contributed by atoms with Crippen molar-refractivity contribution in [3.05, 3.63) is 57.5 Å². The molecule has 0 saturated heterocycles. The standard InChI is InChI=1S/C18H22BrNO/c1-2-10-20-16(17-8-9-18(19)21-17)12-13-6-7-14-4-3-5-15(14)11-13/h6-9,11,16,20H,2-5,10,12H2,1H3. The molecular weight excluding hydrogens is 326 g/mol. The average Bonchev–Trinajstić information content (AvgIpc) is 3.11. The Balaban J connectivity index is 1.77. The highest BCUT2D eigenvalue weighted by molar-refractivity contribution is 9.10. The first kappa shape index (κ1) is 14.9. The van der Waals surface area contributed by atoms with E-state index in [0.717, 1.165) is 29.8 Å². The Morgan fingerprint density at radius 3 is 2.81 bits per heavy atom. The van der Waals surface area contributed by atoms with Crippen LogP contribution in [0.2, 0.25) is 0 Å². The Hall–Kier alpha value is -1.06. The molecular formula is C18H22BrNO. The molecule has 1 N–H and O–H groups in total. The lowest BCUT2D eigenvalue weighted by molar-refractivity contribution is 0.400. The molecule has 3 rings (SSSR count). The minimum Gasteiger partial charge on any atom is -0.453 e. The number of rotatable bonds is 6. The monoisotopic (exact) mass is 347 g/mol. The maximum absolute atomic E-state index is 5.76. The van der Waals surface area contributed by atoms with Gasteiger partial charge in [-0.2, -0.15) is 0 Å². The van der Waals surface area contributed by atoms with Crippen LogP contribution in [0.5, 0.6) is 0 Å². The third-order valence-electron chi connectivity index (χ3n) is 4.18. The molecule has 1 aromatic carbocycles. The lowest BCUT2D eigenvalue weighted by Crippen LogP contribution is -2.23. The fraction of sp³-hybridized carbons (Fsp3) is 0.444. The Bertz CT molecular complexity index is 605. The Labute approximate surface area is 135 Å². The molecule has 1 atom stereocenters. The third-order valence-corrected chi connectivity index (χ3v) is 4.61. The maximum atomic E-state index is 5.76. The molecule has 2 aromatic rings. The van der Waals surface area contributed by atoms with E-state index >= 15 is 0 Å². The lowest BCUT2D eigenvalue weighted by Gasteiger charge is -2.17. The smallest absolute Gasteiger partial charge is 0.169 e. The molecule has 1 aliphatic rings. The van der Waals surface area contributed by atoms with Crippen LogP contribution in [-0.2, 0) is 19.3 Å². The minimum atomic E-state index is 0.246. The van der Waals surface area contributed by atoms with Crippen LogP contribution in [0.1, 0.15) is 48.3 Å². The summed E-state index contributed by atoms with van der Waals surface area (Å²) in [4.78, 5) is 0. The maximum Gasteiger partial charge on any atom is 0.169 e. The first-order valence-electron chi connectivity index (χ1n) is 7.85. The van der Waals surface area contributed by atoms with Gasteiger partial charge in [0.25, 0.3) is 0 Å². The molecule has 3 heteroatoms. The highest BCUT2D eigenvalue weighted by atomic mass is 79.9. The Morgan fingerprint density at radius 1 is 1.19 bits per heavy atom. The zero-order chi connectivity index (χ0) is 14.7. The van der Waals surface area contributed by atoms with E-state index in [9.17, 15) is 0 Å². The summed E-state index contributed by atoms with van der Waals surface area (Å²) < 4.78 is 6.56. The second kappa shape index (κ2) is 6.80. The summed E-state index contributed by atoms with van der Waals surface area (Å²) in [6.45, 7) is 3.20. The summed E-state index contributed by atoms with van der Waals surface area (Å²) >= 11 is 3.40.